The number of rotatable bonds is 11. The summed E-state index contributed by atoms with van der Waals surface area (Å²) in [4.78, 5) is 10.3. The quantitative estimate of drug-likeness (QED) is 0.535. The first-order valence-corrected chi connectivity index (χ1v) is 7.42. The van der Waals surface area contributed by atoms with E-state index in [2.05, 4.69) is 6.92 Å². The minimum absolute atomic E-state index is 0.347. The Bertz CT molecular complexity index is 213. The smallest absolute Gasteiger partial charge is 0.303 e. The molecular formula is C15H28O2. The lowest BCUT2D eigenvalue weighted by Gasteiger charge is -2.01. The highest BCUT2D eigenvalue weighted by Gasteiger charge is 2.31. The van der Waals surface area contributed by atoms with Crippen LogP contribution in [0.25, 0.3) is 0 Å². The number of carbonyl (C=O) groups is 1. The fourth-order valence-electron chi connectivity index (χ4n) is 2.54. The number of unbranched alkanes of at least 4 members (excludes halogenated alkanes) is 7. The van der Waals surface area contributed by atoms with Crippen LogP contribution in [0.1, 0.15) is 77.6 Å². The van der Waals surface area contributed by atoms with E-state index < -0.39 is 5.97 Å². The van der Waals surface area contributed by atoms with Gasteiger partial charge in [-0.15, -0.1) is 0 Å². The molecule has 1 aliphatic rings. The first-order chi connectivity index (χ1) is 8.20. The Labute approximate surface area is 106 Å². The molecule has 1 N–H and O–H groups in total. The molecule has 0 spiro atoms. The maximum Gasteiger partial charge on any atom is 0.303 e. The molecule has 0 aromatic heterocycles. The molecule has 0 amide bonds. The molecule has 1 fully saturated rings. The highest BCUT2D eigenvalue weighted by atomic mass is 16.4. The molecule has 1 aliphatic carbocycles. The fraction of sp³-hybridized carbons (Fsp3) is 0.933. The van der Waals surface area contributed by atoms with Crippen LogP contribution in [0.3, 0.4) is 0 Å². The van der Waals surface area contributed by atoms with Gasteiger partial charge in [0.25, 0.3) is 0 Å². The zero-order valence-corrected chi connectivity index (χ0v) is 11.3. The van der Waals surface area contributed by atoms with Crippen LogP contribution in [-0.4, -0.2) is 11.1 Å². The predicted molar refractivity (Wildman–Crippen MR) is 71.1 cm³/mol. The molecule has 0 unspecified atom stereocenters. The zero-order chi connectivity index (χ0) is 12.5. The van der Waals surface area contributed by atoms with Gasteiger partial charge in [-0.05, 0) is 24.7 Å². The van der Waals surface area contributed by atoms with Crippen LogP contribution in [0.5, 0.6) is 0 Å². The predicted octanol–water partition coefficient (Wildman–Crippen LogP) is 4.63. The average Bonchev–Trinajstić information content (AvgIpc) is 2.97. The Hall–Kier alpha value is -0.530. The van der Waals surface area contributed by atoms with Gasteiger partial charge in [0.2, 0.25) is 0 Å². The van der Waals surface area contributed by atoms with Crippen molar-refractivity contribution in [3.05, 3.63) is 0 Å². The van der Waals surface area contributed by atoms with Gasteiger partial charge in [0.15, 0.2) is 0 Å². The van der Waals surface area contributed by atoms with Crippen LogP contribution in [0.2, 0.25) is 0 Å². The van der Waals surface area contributed by atoms with Crippen LogP contribution in [0.4, 0.5) is 0 Å². The first-order valence-electron chi connectivity index (χ1n) is 7.42. The van der Waals surface area contributed by atoms with Gasteiger partial charge in [0, 0.05) is 6.42 Å². The molecule has 17 heavy (non-hydrogen) atoms. The summed E-state index contributed by atoms with van der Waals surface area (Å²) in [7, 11) is 0. The van der Waals surface area contributed by atoms with E-state index in [0.29, 0.717) is 6.42 Å². The van der Waals surface area contributed by atoms with E-state index in [4.69, 9.17) is 5.11 Å². The second-order valence-corrected chi connectivity index (χ2v) is 5.73. The van der Waals surface area contributed by atoms with Gasteiger partial charge in [0.05, 0.1) is 0 Å². The summed E-state index contributed by atoms with van der Waals surface area (Å²) >= 11 is 0. The molecular weight excluding hydrogens is 212 g/mol. The number of hydrogen-bond acceptors (Lipinski definition) is 1. The van der Waals surface area contributed by atoms with Gasteiger partial charge in [-0.2, -0.15) is 0 Å². The third-order valence-electron chi connectivity index (χ3n) is 3.99. The van der Waals surface area contributed by atoms with Gasteiger partial charge in [-0.3, -0.25) is 4.79 Å². The Morgan fingerprint density at radius 3 is 1.94 bits per heavy atom. The molecule has 0 saturated heterocycles. The average molecular weight is 240 g/mol. The highest BCUT2D eigenvalue weighted by molar-refractivity contribution is 5.66. The van der Waals surface area contributed by atoms with Crippen molar-refractivity contribution in [2.24, 2.45) is 11.8 Å². The van der Waals surface area contributed by atoms with Crippen LogP contribution < -0.4 is 0 Å². The molecule has 2 heteroatoms. The largest absolute Gasteiger partial charge is 0.481 e. The third-order valence-corrected chi connectivity index (χ3v) is 3.99. The summed E-state index contributed by atoms with van der Waals surface area (Å²) in [6.45, 7) is 2.36. The number of aliphatic carboxylic acids is 1. The minimum Gasteiger partial charge on any atom is -0.481 e. The number of hydrogen-bond donors (Lipinski definition) is 1. The molecule has 100 valence electrons. The lowest BCUT2D eigenvalue weighted by molar-refractivity contribution is -0.137. The van der Waals surface area contributed by atoms with Crippen molar-refractivity contribution in [2.75, 3.05) is 0 Å². The molecule has 1 rings (SSSR count). The maximum absolute atomic E-state index is 10.3. The van der Waals surface area contributed by atoms with Gasteiger partial charge in [0.1, 0.15) is 0 Å². The van der Waals surface area contributed by atoms with Crippen LogP contribution >= 0.6 is 0 Å². The third kappa shape index (κ3) is 8.23. The normalized spacial score (nSPS) is 22.6. The lowest BCUT2D eigenvalue weighted by atomic mass is 10.1. The Morgan fingerprint density at radius 1 is 1.00 bits per heavy atom. The minimum atomic E-state index is -0.653. The van der Waals surface area contributed by atoms with Crippen molar-refractivity contribution in [3.8, 4) is 0 Å². The van der Waals surface area contributed by atoms with E-state index in [-0.39, 0.29) is 0 Å². The summed E-state index contributed by atoms with van der Waals surface area (Å²) in [5.74, 6) is 1.43. The Morgan fingerprint density at radius 2 is 1.47 bits per heavy atom. The van der Waals surface area contributed by atoms with Crippen molar-refractivity contribution < 1.29 is 9.90 Å². The summed E-state index contributed by atoms with van der Waals surface area (Å²) < 4.78 is 0. The fourth-order valence-corrected chi connectivity index (χ4v) is 2.54. The van der Waals surface area contributed by atoms with Crippen LogP contribution in [-0.2, 0) is 4.79 Å². The van der Waals surface area contributed by atoms with Crippen LogP contribution in [0, 0.1) is 11.8 Å². The Balaban J connectivity index is 1.68. The highest BCUT2D eigenvalue weighted by Crippen LogP contribution is 2.41. The molecule has 0 radical (unpaired) electrons. The van der Waals surface area contributed by atoms with E-state index >= 15 is 0 Å². The van der Waals surface area contributed by atoms with E-state index in [0.717, 1.165) is 24.7 Å². The van der Waals surface area contributed by atoms with Crippen molar-refractivity contribution in [1.29, 1.82) is 0 Å². The molecule has 0 aliphatic heterocycles. The Kier molecular flexibility index (Phi) is 7.30. The molecule has 2 atom stereocenters. The van der Waals surface area contributed by atoms with Gasteiger partial charge < -0.3 is 5.11 Å². The molecule has 0 aromatic rings. The van der Waals surface area contributed by atoms with Gasteiger partial charge in [-0.1, -0.05) is 58.3 Å². The summed E-state index contributed by atoms with van der Waals surface area (Å²) in [6, 6.07) is 0. The second-order valence-electron chi connectivity index (χ2n) is 5.73. The van der Waals surface area contributed by atoms with Crippen molar-refractivity contribution >= 4 is 5.97 Å². The van der Waals surface area contributed by atoms with E-state index in [1.807, 2.05) is 0 Å². The monoisotopic (exact) mass is 240 g/mol. The summed E-state index contributed by atoms with van der Waals surface area (Å²) in [5, 5.41) is 8.48. The maximum atomic E-state index is 10.3. The van der Waals surface area contributed by atoms with E-state index in [1.165, 1.54) is 51.4 Å². The molecule has 0 heterocycles. The lowest BCUT2D eigenvalue weighted by Crippen LogP contribution is -1.93. The van der Waals surface area contributed by atoms with Crippen LogP contribution in [0.15, 0.2) is 0 Å². The van der Waals surface area contributed by atoms with Crippen molar-refractivity contribution in [2.45, 2.75) is 77.6 Å². The number of carboxylic acids is 1. The van der Waals surface area contributed by atoms with Crippen molar-refractivity contribution in [1.82, 2.24) is 0 Å². The summed E-state index contributed by atoms with van der Waals surface area (Å²) in [5.41, 5.74) is 0. The molecule has 1 saturated carbocycles. The molecule has 0 aromatic carbocycles. The zero-order valence-electron chi connectivity index (χ0n) is 11.3. The molecule has 2 nitrogen and oxygen atoms in total. The SMILES string of the molecule is C[C@@H]1C[C@H]1CCCCCCCCCCC(=O)O. The number of carboxylic acid groups (broad SMARTS) is 1. The standard InChI is InChI=1S/C15H28O2/c1-13-12-14(13)10-8-6-4-2-3-5-7-9-11-15(16)17/h13-14H,2-12H2,1H3,(H,16,17)/t13-,14-/m1/s1. The topological polar surface area (TPSA) is 37.3 Å². The van der Waals surface area contributed by atoms with E-state index in [9.17, 15) is 4.79 Å². The van der Waals surface area contributed by atoms with Gasteiger partial charge >= 0.3 is 5.97 Å². The first kappa shape index (κ1) is 14.5. The van der Waals surface area contributed by atoms with E-state index in [1.54, 1.807) is 0 Å². The van der Waals surface area contributed by atoms with Crippen molar-refractivity contribution in [3.63, 3.8) is 0 Å². The second kappa shape index (κ2) is 8.54. The summed E-state index contributed by atoms with van der Waals surface area (Å²) in [6.07, 6.45) is 13.3. The molecule has 0 bridgehead atoms. The van der Waals surface area contributed by atoms with Gasteiger partial charge in [-0.25, -0.2) is 0 Å².